The zero-order valence-electron chi connectivity index (χ0n) is 17.9. The number of carboxylic acids is 2. The SMILES string of the molecule is CC(O)C(N)C(=O)NC(CC(=O)O)C(=O)NC(Cc1cnc[nH]1)C(=O)NC(C(=O)O)C(C)O. The highest BCUT2D eigenvalue weighted by molar-refractivity contribution is 5.95. The molecule has 0 aliphatic rings. The van der Waals surface area contributed by atoms with Crippen molar-refractivity contribution in [3.8, 4) is 0 Å². The van der Waals surface area contributed by atoms with E-state index >= 15 is 0 Å². The Morgan fingerprint density at radius 2 is 1.55 bits per heavy atom. The van der Waals surface area contributed by atoms with Crippen LogP contribution in [0, 0.1) is 0 Å². The number of amides is 3. The number of aromatic nitrogens is 2. The van der Waals surface area contributed by atoms with Gasteiger partial charge in [0.1, 0.15) is 18.1 Å². The number of rotatable bonds is 13. The molecule has 1 aromatic heterocycles. The standard InChI is InChI=1S/C18H28N6O9/c1-7(25)13(19)17(31)23-11(4-12(27)28)15(29)22-10(3-9-5-20-6-21-9)16(30)24-14(8(2)26)18(32)33/h5-8,10-11,13-14,25-26H,3-4,19H2,1-2H3,(H,20,21)(H,22,29)(H,23,31)(H,24,30)(H,27,28)(H,32,33). The number of aliphatic carboxylic acids is 2. The van der Waals surface area contributed by atoms with Crippen LogP contribution in [-0.2, 0) is 30.4 Å². The van der Waals surface area contributed by atoms with E-state index in [2.05, 4.69) is 25.9 Å². The molecule has 3 amide bonds. The summed E-state index contributed by atoms with van der Waals surface area (Å²) < 4.78 is 0. The molecule has 0 aliphatic heterocycles. The minimum absolute atomic E-state index is 0.204. The molecule has 10 N–H and O–H groups in total. The lowest BCUT2D eigenvalue weighted by atomic mass is 10.1. The van der Waals surface area contributed by atoms with Crippen LogP contribution >= 0.6 is 0 Å². The maximum absolute atomic E-state index is 12.7. The molecule has 33 heavy (non-hydrogen) atoms. The van der Waals surface area contributed by atoms with Crippen molar-refractivity contribution in [3.05, 3.63) is 18.2 Å². The van der Waals surface area contributed by atoms with Crippen molar-refractivity contribution in [2.24, 2.45) is 5.73 Å². The first-order valence-corrected chi connectivity index (χ1v) is 9.78. The van der Waals surface area contributed by atoms with Crippen molar-refractivity contribution < 1.29 is 44.4 Å². The molecule has 0 bridgehead atoms. The predicted molar refractivity (Wildman–Crippen MR) is 109 cm³/mol. The van der Waals surface area contributed by atoms with E-state index in [1.807, 2.05) is 0 Å². The Bertz CT molecular complexity index is 842. The number of H-pyrrole nitrogens is 1. The number of carbonyl (C=O) groups excluding carboxylic acids is 3. The minimum atomic E-state index is -1.68. The third kappa shape index (κ3) is 8.83. The maximum atomic E-state index is 12.7. The summed E-state index contributed by atoms with van der Waals surface area (Å²) in [6, 6.07) is -6.22. The van der Waals surface area contributed by atoms with Crippen LogP contribution in [-0.4, -0.2) is 96.4 Å². The maximum Gasteiger partial charge on any atom is 0.328 e. The van der Waals surface area contributed by atoms with Gasteiger partial charge in [0, 0.05) is 18.3 Å². The van der Waals surface area contributed by atoms with E-state index in [9.17, 15) is 39.3 Å². The summed E-state index contributed by atoms with van der Waals surface area (Å²) in [5, 5.41) is 43.7. The molecule has 0 spiro atoms. The number of hydrogen-bond donors (Lipinski definition) is 9. The van der Waals surface area contributed by atoms with E-state index in [0.717, 1.165) is 6.92 Å². The normalized spacial score (nSPS) is 16.4. The van der Waals surface area contributed by atoms with Crippen LogP contribution in [0.3, 0.4) is 0 Å². The molecule has 1 rings (SSSR count). The van der Waals surface area contributed by atoms with Crippen LogP contribution in [0.1, 0.15) is 26.0 Å². The molecule has 0 radical (unpaired) electrons. The number of nitrogens with zero attached hydrogens (tertiary/aromatic N) is 1. The molecule has 6 unspecified atom stereocenters. The molecule has 0 aromatic carbocycles. The number of aromatic amines is 1. The van der Waals surface area contributed by atoms with Gasteiger partial charge in [0.25, 0.3) is 0 Å². The van der Waals surface area contributed by atoms with Gasteiger partial charge in [0.2, 0.25) is 17.7 Å². The van der Waals surface area contributed by atoms with Crippen LogP contribution in [0.5, 0.6) is 0 Å². The first kappa shape index (κ1) is 27.5. The van der Waals surface area contributed by atoms with Crippen LogP contribution in [0.15, 0.2) is 12.5 Å². The second-order valence-corrected chi connectivity index (χ2v) is 7.33. The van der Waals surface area contributed by atoms with E-state index < -0.39 is 72.5 Å². The number of hydrogen-bond acceptors (Lipinski definition) is 9. The van der Waals surface area contributed by atoms with Gasteiger partial charge in [-0.1, -0.05) is 0 Å². The van der Waals surface area contributed by atoms with Crippen LogP contribution in [0.4, 0.5) is 0 Å². The Hall–Kier alpha value is -3.56. The molecule has 6 atom stereocenters. The van der Waals surface area contributed by atoms with Gasteiger partial charge >= 0.3 is 11.9 Å². The lowest BCUT2D eigenvalue weighted by Crippen LogP contribution is -2.59. The van der Waals surface area contributed by atoms with E-state index in [0.29, 0.717) is 5.69 Å². The van der Waals surface area contributed by atoms with Crippen LogP contribution < -0.4 is 21.7 Å². The number of aliphatic hydroxyl groups excluding tert-OH is 2. The first-order chi connectivity index (χ1) is 15.3. The van der Waals surface area contributed by atoms with Gasteiger partial charge in [-0.15, -0.1) is 0 Å². The Morgan fingerprint density at radius 3 is 2.00 bits per heavy atom. The Morgan fingerprint density at radius 1 is 0.970 bits per heavy atom. The van der Waals surface area contributed by atoms with Gasteiger partial charge in [-0.25, -0.2) is 9.78 Å². The van der Waals surface area contributed by atoms with Gasteiger partial charge in [-0.05, 0) is 13.8 Å². The number of nitrogens with two attached hydrogens (primary N) is 1. The lowest BCUT2D eigenvalue weighted by Gasteiger charge is -2.25. The van der Waals surface area contributed by atoms with Crippen molar-refractivity contribution in [2.45, 2.75) is 63.1 Å². The Kier molecular flexibility index (Phi) is 10.4. The summed E-state index contributed by atoms with van der Waals surface area (Å²) in [6.45, 7) is 2.37. The zero-order valence-corrected chi connectivity index (χ0v) is 17.9. The summed E-state index contributed by atoms with van der Waals surface area (Å²) in [7, 11) is 0. The van der Waals surface area contributed by atoms with Crippen LogP contribution in [0.2, 0.25) is 0 Å². The number of aliphatic hydroxyl groups is 2. The number of carbonyl (C=O) groups is 5. The highest BCUT2D eigenvalue weighted by atomic mass is 16.4. The van der Waals surface area contributed by atoms with Crippen molar-refractivity contribution in [1.82, 2.24) is 25.9 Å². The van der Waals surface area contributed by atoms with Crippen molar-refractivity contribution in [3.63, 3.8) is 0 Å². The molecule has 15 heteroatoms. The highest BCUT2D eigenvalue weighted by Crippen LogP contribution is 2.04. The second kappa shape index (κ2) is 12.5. The molecular formula is C18H28N6O9. The minimum Gasteiger partial charge on any atom is -0.481 e. The zero-order chi connectivity index (χ0) is 25.3. The predicted octanol–water partition coefficient (Wildman–Crippen LogP) is -3.95. The van der Waals surface area contributed by atoms with E-state index in [4.69, 9.17) is 10.8 Å². The smallest absolute Gasteiger partial charge is 0.328 e. The third-order valence-electron chi connectivity index (χ3n) is 4.49. The number of imidazole rings is 1. The van der Waals surface area contributed by atoms with Gasteiger partial charge in [-0.2, -0.15) is 0 Å². The van der Waals surface area contributed by atoms with E-state index in [1.165, 1.54) is 19.4 Å². The summed E-state index contributed by atoms with van der Waals surface area (Å²) in [6.07, 6.45) is -1.18. The lowest BCUT2D eigenvalue weighted by molar-refractivity contribution is -0.145. The molecule has 184 valence electrons. The van der Waals surface area contributed by atoms with Gasteiger partial charge in [0.15, 0.2) is 6.04 Å². The van der Waals surface area contributed by atoms with E-state index in [1.54, 1.807) is 0 Å². The molecule has 0 aliphatic carbocycles. The molecule has 0 fully saturated rings. The molecule has 15 nitrogen and oxygen atoms in total. The summed E-state index contributed by atoms with van der Waals surface area (Å²) in [4.78, 5) is 66.5. The molecule has 1 heterocycles. The molecule has 1 aromatic rings. The largest absolute Gasteiger partial charge is 0.481 e. The average Bonchev–Trinajstić information content (AvgIpc) is 3.22. The van der Waals surface area contributed by atoms with Crippen molar-refractivity contribution in [2.75, 3.05) is 0 Å². The Labute approximate surface area is 187 Å². The topological polar surface area (TPSA) is 257 Å². The molecular weight excluding hydrogens is 444 g/mol. The summed E-state index contributed by atoms with van der Waals surface area (Å²) in [5.41, 5.74) is 5.86. The van der Waals surface area contributed by atoms with Gasteiger partial charge in [-0.3, -0.25) is 19.2 Å². The summed E-state index contributed by atoms with van der Waals surface area (Å²) >= 11 is 0. The fraction of sp³-hybridized carbons (Fsp3) is 0.556. The third-order valence-corrected chi connectivity index (χ3v) is 4.49. The molecule has 0 saturated carbocycles. The number of nitrogens with one attached hydrogen (secondary N) is 4. The monoisotopic (exact) mass is 472 g/mol. The summed E-state index contributed by atoms with van der Waals surface area (Å²) in [5.74, 6) is -6.04. The molecule has 0 saturated heterocycles. The average molecular weight is 472 g/mol. The van der Waals surface area contributed by atoms with Gasteiger partial charge in [0.05, 0.1) is 25.0 Å². The van der Waals surface area contributed by atoms with Crippen molar-refractivity contribution >= 4 is 29.7 Å². The number of carboxylic acid groups (broad SMARTS) is 2. The highest BCUT2D eigenvalue weighted by Gasteiger charge is 2.33. The van der Waals surface area contributed by atoms with E-state index in [-0.39, 0.29) is 6.42 Å². The van der Waals surface area contributed by atoms with Crippen LogP contribution in [0.25, 0.3) is 0 Å². The van der Waals surface area contributed by atoms with Gasteiger partial charge < -0.3 is 47.1 Å². The quantitative estimate of drug-likeness (QED) is 0.134. The first-order valence-electron chi connectivity index (χ1n) is 9.78. The fourth-order valence-corrected chi connectivity index (χ4v) is 2.61. The fourth-order valence-electron chi connectivity index (χ4n) is 2.61. The van der Waals surface area contributed by atoms with Crippen molar-refractivity contribution in [1.29, 1.82) is 0 Å². The second-order valence-electron chi connectivity index (χ2n) is 7.33. The Balaban J connectivity index is 3.09.